The molecule has 0 N–H and O–H groups in total. The van der Waals surface area contributed by atoms with Crippen LogP contribution in [0.2, 0.25) is 0 Å². The molecule has 0 bridgehead atoms. The zero-order chi connectivity index (χ0) is 11.1. The molecule has 0 unspecified atom stereocenters. The van der Waals surface area contributed by atoms with Gasteiger partial charge in [0, 0.05) is 0 Å². The minimum absolute atomic E-state index is 0. The van der Waals surface area contributed by atoms with Crippen molar-refractivity contribution in [1.29, 1.82) is 0 Å². The van der Waals surface area contributed by atoms with E-state index in [1.54, 1.807) is 30.5 Å². The molecule has 0 saturated heterocycles. The van der Waals surface area contributed by atoms with Crippen LogP contribution in [-0.2, 0) is 10.1 Å². The maximum atomic E-state index is 11.2. The molecule has 0 atom stereocenters. The summed E-state index contributed by atoms with van der Waals surface area (Å²) in [5.41, 5.74) is 0. The molecule has 0 aliphatic heterocycles. The first-order valence-corrected chi connectivity index (χ1v) is 6.89. The summed E-state index contributed by atoms with van der Waals surface area (Å²) in [6.45, 7) is 1.54. The highest BCUT2D eigenvalue weighted by Gasteiger charge is 2.07. The predicted molar refractivity (Wildman–Crippen MR) is 63.1 cm³/mol. The Balaban J connectivity index is 0.00000225. The summed E-state index contributed by atoms with van der Waals surface area (Å²) in [6.07, 6.45) is 0. The Morgan fingerprint density at radius 1 is 1.27 bits per heavy atom. The topological polar surface area (TPSA) is 43.4 Å². The Kier molecular flexibility index (Phi) is 4.58. The highest BCUT2D eigenvalue weighted by Crippen LogP contribution is 2.16. The maximum absolute atomic E-state index is 11.2. The van der Waals surface area contributed by atoms with Crippen molar-refractivity contribution in [1.82, 2.24) is 0 Å². The first-order valence-electron chi connectivity index (χ1n) is 4.43. The van der Waals surface area contributed by atoms with Gasteiger partial charge in [-0.15, -0.1) is 11.3 Å². The van der Waals surface area contributed by atoms with Gasteiger partial charge in [-0.2, -0.15) is 8.42 Å². The molecular formula is C10H13O3S2+. The highest BCUT2D eigenvalue weighted by molar-refractivity contribution is 7.87. The van der Waals surface area contributed by atoms with Crippen molar-refractivity contribution in [3.05, 3.63) is 41.8 Å². The lowest BCUT2D eigenvalue weighted by atomic mass is 10.5. The van der Waals surface area contributed by atoms with Gasteiger partial charge >= 0.3 is 11.5 Å². The van der Waals surface area contributed by atoms with Crippen molar-refractivity contribution in [3.63, 3.8) is 0 Å². The van der Waals surface area contributed by atoms with E-state index in [4.69, 9.17) is 4.18 Å². The van der Waals surface area contributed by atoms with Crippen molar-refractivity contribution in [2.75, 3.05) is 5.75 Å². The van der Waals surface area contributed by atoms with Crippen LogP contribution in [0.25, 0.3) is 0 Å². The molecule has 0 radical (unpaired) electrons. The summed E-state index contributed by atoms with van der Waals surface area (Å²) in [4.78, 5) is 0. The van der Waals surface area contributed by atoms with Crippen LogP contribution in [0.1, 0.15) is 8.35 Å². The normalized spacial score (nSPS) is 10.5. The third-order valence-corrected chi connectivity index (χ3v) is 3.49. The van der Waals surface area contributed by atoms with Crippen molar-refractivity contribution in [2.45, 2.75) is 6.92 Å². The molecule has 0 spiro atoms. The van der Waals surface area contributed by atoms with E-state index < -0.39 is 10.1 Å². The van der Waals surface area contributed by atoms with Gasteiger partial charge in [0.05, 0.1) is 5.75 Å². The average molecular weight is 245 g/mol. The van der Waals surface area contributed by atoms with E-state index in [-0.39, 0.29) is 7.18 Å². The van der Waals surface area contributed by atoms with Gasteiger partial charge in [-0.25, -0.2) is 0 Å². The number of rotatable bonds is 3. The van der Waals surface area contributed by atoms with Crippen molar-refractivity contribution < 1.29 is 14.0 Å². The SMILES string of the molecule is CCS(=O)(=O)Oc1cccccccs1.[H+]. The molecule has 0 aliphatic carbocycles. The molecule has 3 nitrogen and oxygen atoms in total. The molecule has 1 aromatic rings. The van der Waals surface area contributed by atoms with Crippen LogP contribution in [0.4, 0.5) is 0 Å². The summed E-state index contributed by atoms with van der Waals surface area (Å²) in [5.74, 6) is -0.0312. The van der Waals surface area contributed by atoms with Crippen LogP contribution in [0.15, 0.2) is 41.8 Å². The quantitative estimate of drug-likeness (QED) is 0.769. The summed E-state index contributed by atoms with van der Waals surface area (Å²) < 4.78 is 27.3. The van der Waals surface area contributed by atoms with Gasteiger partial charge in [0.1, 0.15) is 0 Å². The van der Waals surface area contributed by atoms with E-state index in [0.717, 1.165) is 0 Å². The van der Waals surface area contributed by atoms with Crippen molar-refractivity contribution in [3.8, 4) is 5.06 Å². The largest absolute Gasteiger partial charge is 1.00 e. The fraction of sp³-hybridized carbons (Fsp3) is 0.200. The molecule has 0 aromatic carbocycles. The lowest BCUT2D eigenvalue weighted by molar-refractivity contribution is 0.493. The number of hydrogen-bond acceptors (Lipinski definition) is 4. The van der Waals surface area contributed by atoms with Gasteiger partial charge < -0.3 is 4.18 Å². The highest BCUT2D eigenvalue weighted by atomic mass is 32.2. The molecule has 5 heteroatoms. The van der Waals surface area contributed by atoms with E-state index >= 15 is 0 Å². The molecule has 82 valence electrons. The van der Waals surface area contributed by atoms with E-state index in [2.05, 4.69) is 0 Å². The molecule has 0 fully saturated rings. The Hall–Kier alpha value is -1.07. The predicted octanol–water partition coefficient (Wildman–Crippen LogP) is 2.71. The van der Waals surface area contributed by atoms with E-state index in [0.29, 0.717) is 5.06 Å². The van der Waals surface area contributed by atoms with Crippen LogP contribution in [-0.4, -0.2) is 14.2 Å². The zero-order valence-corrected chi connectivity index (χ0v) is 9.92. The van der Waals surface area contributed by atoms with Crippen LogP contribution in [0.5, 0.6) is 5.06 Å². The van der Waals surface area contributed by atoms with Crippen LogP contribution in [0.3, 0.4) is 0 Å². The summed E-state index contributed by atoms with van der Waals surface area (Å²) in [5, 5.41) is 2.12. The smallest absolute Gasteiger partial charge is 0.371 e. The van der Waals surface area contributed by atoms with Gasteiger partial charge in [0.2, 0.25) is 0 Å². The minimum Gasteiger partial charge on any atom is -0.371 e. The summed E-state index contributed by atoms with van der Waals surface area (Å²) >= 11 is 1.23. The molecule has 1 rings (SSSR count). The Bertz CT molecular complexity index is 429. The Labute approximate surface area is 95.3 Å². The van der Waals surface area contributed by atoms with Crippen LogP contribution < -0.4 is 4.18 Å². The van der Waals surface area contributed by atoms with Crippen LogP contribution >= 0.6 is 11.3 Å². The molecule has 0 saturated carbocycles. The lowest BCUT2D eigenvalue weighted by Gasteiger charge is -2.01. The van der Waals surface area contributed by atoms with Crippen LogP contribution in [0, 0.1) is 0 Å². The Morgan fingerprint density at radius 2 is 1.93 bits per heavy atom. The summed E-state index contributed by atoms with van der Waals surface area (Å²) in [6, 6.07) is 10.7. The third kappa shape index (κ3) is 4.80. The molecule has 1 heterocycles. The molecule has 15 heavy (non-hydrogen) atoms. The van der Waals surface area contributed by atoms with Crippen molar-refractivity contribution in [2.24, 2.45) is 0 Å². The molecule has 1 aromatic heterocycles. The average Bonchev–Trinajstić information content (AvgIpc) is 2.31. The van der Waals surface area contributed by atoms with Gasteiger partial charge in [-0.1, -0.05) is 30.3 Å². The molecule has 0 amide bonds. The first-order chi connectivity index (χ1) is 7.14. The van der Waals surface area contributed by atoms with Gasteiger partial charge in [-0.3, -0.25) is 0 Å². The maximum Gasteiger partial charge on any atom is 1.00 e. The second kappa shape index (κ2) is 5.72. The fourth-order valence-corrected chi connectivity index (χ4v) is 2.10. The second-order valence-corrected chi connectivity index (χ2v) is 5.40. The third-order valence-electron chi connectivity index (χ3n) is 1.50. The molecular weight excluding hydrogens is 232 g/mol. The van der Waals surface area contributed by atoms with E-state index in [1.165, 1.54) is 11.3 Å². The van der Waals surface area contributed by atoms with E-state index in [1.807, 2.05) is 18.2 Å². The first kappa shape index (κ1) is 12.0. The van der Waals surface area contributed by atoms with Gasteiger partial charge in [0.15, 0.2) is 5.06 Å². The fourth-order valence-electron chi connectivity index (χ4n) is 0.749. The Morgan fingerprint density at radius 3 is 2.67 bits per heavy atom. The second-order valence-electron chi connectivity index (χ2n) is 2.63. The van der Waals surface area contributed by atoms with Crippen molar-refractivity contribution >= 4 is 21.5 Å². The number of hydrogen-bond donors (Lipinski definition) is 0. The lowest BCUT2D eigenvalue weighted by Crippen LogP contribution is -2.10. The van der Waals surface area contributed by atoms with E-state index in [9.17, 15) is 8.42 Å². The minimum atomic E-state index is -3.44. The standard InChI is InChI=1S/C10H12O3S2/c1-2-15(11,12)13-10-8-6-4-3-5-7-9-14-10/h3-9H,2H2,1H3/p+1. The summed E-state index contributed by atoms with van der Waals surface area (Å²) in [7, 11) is -3.44. The van der Waals surface area contributed by atoms with Gasteiger partial charge in [-0.05, 0) is 18.4 Å². The molecule has 0 aliphatic rings. The monoisotopic (exact) mass is 245 g/mol. The van der Waals surface area contributed by atoms with Gasteiger partial charge in [0.25, 0.3) is 0 Å². The zero-order valence-electron chi connectivity index (χ0n) is 9.29.